The van der Waals surface area contributed by atoms with Crippen LogP contribution < -0.4 is 0 Å². The Morgan fingerprint density at radius 3 is 2.68 bits per heavy atom. The van der Waals surface area contributed by atoms with E-state index in [2.05, 4.69) is 15.2 Å². The van der Waals surface area contributed by atoms with E-state index in [1.165, 1.54) is 11.8 Å². The van der Waals surface area contributed by atoms with Gasteiger partial charge in [-0.15, -0.1) is 10.2 Å². The topological polar surface area (TPSA) is 89.9 Å². The number of hydrogen-bond acceptors (Lipinski definition) is 6. The molecular weight excluding hydrogens is 340 g/mol. The largest absolute Gasteiger partial charge is 0.461 e. The molecule has 8 heteroatoms. The van der Waals surface area contributed by atoms with E-state index in [1.807, 2.05) is 11.6 Å². The van der Waals surface area contributed by atoms with Crippen molar-refractivity contribution in [1.82, 2.24) is 19.7 Å². The zero-order valence-electron chi connectivity index (χ0n) is 14.9. The molecule has 25 heavy (non-hydrogen) atoms. The zero-order valence-corrected chi connectivity index (χ0v) is 15.7. The number of hydrogen-bond donors (Lipinski definition) is 1. The first kappa shape index (κ1) is 17.7. The molecule has 7 nitrogen and oxygen atoms in total. The summed E-state index contributed by atoms with van der Waals surface area (Å²) in [5.41, 5.74) is 2.23. The van der Waals surface area contributed by atoms with Crippen LogP contribution in [0.4, 0.5) is 0 Å². The van der Waals surface area contributed by atoms with E-state index >= 15 is 0 Å². The molecule has 0 spiro atoms. The van der Waals surface area contributed by atoms with Crippen LogP contribution in [0.3, 0.4) is 0 Å². The van der Waals surface area contributed by atoms with Crippen LogP contribution >= 0.6 is 11.8 Å². The van der Waals surface area contributed by atoms with Gasteiger partial charge in [0, 0.05) is 24.2 Å². The minimum absolute atomic E-state index is 0.0391. The maximum absolute atomic E-state index is 12.7. The third-order valence-electron chi connectivity index (χ3n) is 4.34. The number of ketones is 1. The van der Waals surface area contributed by atoms with Crippen LogP contribution in [-0.2, 0) is 11.8 Å². The van der Waals surface area contributed by atoms with Gasteiger partial charge in [-0.05, 0) is 39.2 Å². The number of nitrogens with one attached hydrogen (secondary N) is 1. The van der Waals surface area contributed by atoms with Crippen LogP contribution in [0.2, 0.25) is 0 Å². The van der Waals surface area contributed by atoms with Gasteiger partial charge >= 0.3 is 5.97 Å². The smallest absolute Gasteiger partial charge is 0.355 e. The summed E-state index contributed by atoms with van der Waals surface area (Å²) in [6.07, 6.45) is 2.32. The number of carbonyl (C=O) groups excluding carboxylic acids is 2. The van der Waals surface area contributed by atoms with E-state index in [-0.39, 0.29) is 11.5 Å². The van der Waals surface area contributed by atoms with Crippen molar-refractivity contribution in [2.45, 2.75) is 44.7 Å². The highest BCUT2D eigenvalue weighted by molar-refractivity contribution is 7.99. The number of esters is 1. The fourth-order valence-corrected chi connectivity index (χ4v) is 3.72. The highest BCUT2D eigenvalue weighted by Crippen LogP contribution is 2.39. The molecule has 2 heterocycles. The third kappa shape index (κ3) is 3.49. The van der Waals surface area contributed by atoms with Gasteiger partial charge in [0.2, 0.25) is 0 Å². The number of carbonyl (C=O) groups is 2. The number of aromatic amines is 1. The second-order valence-corrected chi connectivity index (χ2v) is 7.17. The Morgan fingerprint density at radius 2 is 2.04 bits per heavy atom. The quantitative estimate of drug-likeness (QED) is 0.463. The fourth-order valence-electron chi connectivity index (χ4n) is 2.93. The lowest BCUT2D eigenvalue weighted by molar-refractivity contribution is 0.0519. The van der Waals surface area contributed by atoms with Crippen molar-refractivity contribution in [3.05, 3.63) is 28.3 Å². The van der Waals surface area contributed by atoms with Crippen LogP contribution in [0.15, 0.2) is 5.16 Å². The molecule has 0 bridgehead atoms. The van der Waals surface area contributed by atoms with Crippen molar-refractivity contribution in [2.75, 3.05) is 12.4 Å². The average Bonchev–Trinajstić information content (AvgIpc) is 3.27. The molecule has 3 rings (SSSR count). The van der Waals surface area contributed by atoms with Crippen molar-refractivity contribution in [2.24, 2.45) is 7.05 Å². The predicted molar refractivity (Wildman–Crippen MR) is 94.3 cm³/mol. The summed E-state index contributed by atoms with van der Waals surface area (Å²) < 4.78 is 6.99. The maximum Gasteiger partial charge on any atom is 0.355 e. The summed E-state index contributed by atoms with van der Waals surface area (Å²) in [4.78, 5) is 27.6. The number of nitrogens with zero attached hydrogens (tertiary/aromatic N) is 3. The van der Waals surface area contributed by atoms with Gasteiger partial charge in [-0.3, -0.25) is 4.79 Å². The molecule has 134 valence electrons. The maximum atomic E-state index is 12.7. The highest BCUT2D eigenvalue weighted by atomic mass is 32.2. The molecule has 2 aromatic heterocycles. The van der Waals surface area contributed by atoms with Crippen LogP contribution in [0.1, 0.15) is 63.6 Å². The van der Waals surface area contributed by atoms with Crippen molar-refractivity contribution < 1.29 is 14.3 Å². The lowest BCUT2D eigenvalue weighted by Gasteiger charge is -2.04. The molecule has 1 aliphatic carbocycles. The van der Waals surface area contributed by atoms with E-state index < -0.39 is 5.97 Å². The molecule has 0 atom stereocenters. The minimum Gasteiger partial charge on any atom is -0.461 e. The van der Waals surface area contributed by atoms with Gasteiger partial charge in [-0.1, -0.05) is 11.8 Å². The molecule has 0 aliphatic heterocycles. The molecular formula is C17H22N4O3S. The monoisotopic (exact) mass is 362 g/mol. The van der Waals surface area contributed by atoms with Gasteiger partial charge in [0.25, 0.3) is 0 Å². The average molecular weight is 362 g/mol. The molecule has 0 aromatic carbocycles. The molecule has 0 amide bonds. The van der Waals surface area contributed by atoms with Crippen LogP contribution in [0.5, 0.6) is 0 Å². The molecule has 2 aromatic rings. The number of aromatic nitrogens is 4. The molecule has 0 unspecified atom stereocenters. The Bertz CT molecular complexity index is 820. The number of Topliss-reactive ketones (excluding diaryl/α,β-unsaturated/α-hetero) is 1. The lowest BCUT2D eigenvalue weighted by Crippen LogP contribution is -2.09. The van der Waals surface area contributed by atoms with E-state index in [9.17, 15) is 9.59 Å². The minimum atomic E-state index is -0.433. The Morgan fingerprint density at radius 1 is 1.32 bits per heavy atom. The SMILES string of the molecule is CCOC(=O)c1[nH]c(C)c(C(=O)CSc2nnc(C3CC3)n2C)c1C. The number of thioether (sulfide) groups is 1. The number of aryl methyl sites for hydroxylation is 1. The second kappa shape index (κ2) is 7.03. The predicted octanol–water partition coefficient (Wildman–Crippen LogP) is 2.79. The Hall–Kier alpha value is -2.09. The lowest BCUT2D eigenvalue weighted by atomic mass is 10.1. The van der Waals surface area contributed by atoms with E-state index in [4.69, 9.17) is 4.74 Å². The Balaban J connectivity index is 1.72. The van der Waals surface area contributed by atoms with Crippen molar-refractivity contribution in [3.63, 3.8) is 0 Å². The summed E-state index contributed by atoms with van der Waals surface area (Å²) in [5.74, 6) is 1.29. The fraction of sp³-hybridized carbons (Fsp3) is 0.529. The summed E-state index contributed by atoms with van der Waals surface area (Å²) in [5, 5.41) is 9.15. The third-order valence-corrected chi connectivity index (χ3v) is 5.36. The van der Waals surface area contributed by atoms with Crippen LogP contribution in [0, 0.1) is 13.8 Å². The van der Waals surface area contributed by atoms with Gasteiger partial charge in [-0.25, -0.2) is 4.79 Å². The molecule has 1 fully saturated rings. The number of ether oxygens (including phenoxy) is 1. The van der Waals surface area contributed by atoms with E-state index in [1.54, 1.807) is 20.8 Å². The van der Waals surface area contributed by atoms with Gasteiger partial charge in [0.15, 0.2) is 10.9 Å². The second-order valence-electron chi connectivity index (χ2n) is 6.23. The Labute approximate surface area is 150 Å². The van der Waals surface area contributed by atoms with Gasteiger partial charge in [0.1, 0.15) is 11.5 Å². The first-order chi connectivity index (χ1) is 11.9. The van der Waals surface area contributed by atoms with Crippen LogP contribution in [-0.4, -0.2) is 43.9 Å². The normalized spacial score (nSPS) is 13.9. The van der Waals surface area contributed by atoms with E-state index in [0.29, 0.717) is 35.0 Å². The molecule has 1 saturated carbocycles. The highest BCUT2D eigenvalue weighted by Gasteiger charge is 2.29. The first-order valence-electron chi connectivity index (χ1n) is 8.35. The van der Waals surface area contributed by atoms with Gasteiger partial charge < -0.3 is 14.3 Å². The van der Waals surface area contributed by atoms with E-state index in [0.717, 1.165) is 23.8 Å². The molecule has 1 aliphatic rings. The summed E-state index contributed by atoms with van der Waals surface area (Å²) >= 11 is 1.37. The number of H-pyrrole nitrogens is 1. The molecule has 1 N–H and O–H groups in total. The van der Waals surface area contributed by atoms with Crippen molar-refractivity contribution in [1.29, 1.82) is 0 Å². The molecule has 0 saturated heterocycles. The van der Waals surface area contributed by atoms with Crippen molar-refractivity contribution >= 4 is 23.5 Å². The van der Waals surface area contributed by atoms with Gasteiger partial charge in [0.05, 0.1) is 12.4 Å². The van der Waals surface area contributed by atoms with Gasteiger partial charge in [-0.2, -0.15) is 0 Å². The zero-order chi connectivity index (χ0) is 18.1. The standard InChI is InChI=1S/C17H22N4O3S/c1-5-24-16(23)14-9(2)13(10(3)18-14)12(22)8-25-17-20-19-15(21(17)4)11-6-7-11/h11,18H,5-8H2,1-4H3. The first-order valence-corrected chi connectivity index (χ1v) is 9.34. The summed E-state index contributed by atoms with van der Waals surface area (Å²) in [7, 11) is 1.94. The van der Waals surface area contributed by atoms with Crippen molar-refractivity contribution in [3.8, 4) is 0 Å². The van der Waals surface area contributed by atoms with Crippen LogP contribution in [0.25, 0.3) is 0 Å². The Kier molecular flexibility index (Phi) is 4.99. The molecule has 0 radical (unpaired) electrons. The summed E-state index contributed by atoms with van der Waals surface area (Å²) in [6.45, 7) is 5.61. The number of rotatable bonds is 7. The summed E-state index contributed by atoms with van der Waals surface area (Å²) in [6, 6.07) is 0.